The maximum atomic E-state index is 12.0. The summed E-state index contributed by atoms with van der Waals surface area (Å²) in [6, 6.07) is 0. The Bertz CT molecular complexity index is 515. The van der Waals surface area contributed by atoms with Crippen LogP contribution in [0, 0.1) is 12.3 Å². The Labute approximate surface area is 122 Å². The fourth-order valence-corrected chi connectivity index (χ4v) is 3.51. The Balaban J connectivity index is 1.90. The Kier molecular flexibility index (Phi) is 4.99. The minimum Gasteiger partial charge on any atom is -0.396 e. The summed E-state index contributed by atoms with van der Waals surface area (Å²) in [5.74, 6) is -0.160. The van der Waals surface area contributed by atoms with Crippen molar-refractivity contribution in [3.8, 4) is 0 Å². The van der Waals surface area contributed by atoms with Gasteiger partial charge in [-0.2, -0.15) is 0 Å². The predicted molar refractivity (Wildman–Crippen MR) is 78.9 cm³/mol. The molecule has 2 N–H and O–H groups in total. The van der Waals surface area contributed by atoms with Crippen LogP contribution < -0.4 is 10.2 Å². The van der Waals surface area contributed by atoms with Gasteiger partial charge in [-0.1, -0.05) is 30.6 Å². The molecule has 1 aromatic heterocycles. The van der Waals surface area contributed by atoms with E-state index >= 15 is 0 Å². The Morgan fingerprint density at radius 2 is 2.15 bits per heavy atom. The van der Waals surface area contributed by atoms with E-state index in [1.165, 1.54) is 11.0 Å². The average Bonchev–Trinajstić information content (AvgIpc) is 2.78. The fraction of sp³-hybridized carbons (Fsp3) is 0.714. The van der Waals surface area contributed by atoms with Gasteiger partial charge in [0.15, 0.2) is 0 Å². The molecule has 0 radical (unpaired) electrons. The van der Waals surface area contributed by atoms with Crippen LogP contribution in [0.1, 0.15) is 37.8 Å². The Morgan fingerprint density at radius 3 is 2.70 bits per heavy atom. The van der Waals surface area contributed by atoms with Crippen LogP contribution >= 0.6 is 11.3 Å². The number of nitrogens with zero attached hydrogens (tertiary/aromatic N) is 1. The van der Waals surface area contributed by atoms with Gasteiger partial charge in [0.05, 0.1) is 6.61 Å². The topological polar surface area (TPSA) is 71.3 Å². The summed E-state index contributed by atoms with van der Waals surface area (Å²) in [6.07, 6.45) is 5.35. The second-order valence-electron chi connectivity index (χ2n) is 5.72. The smallest absolute Gasteiger partial charge is 0.307 e. The lowest BCUT2D eigenvalue weighted by Crippen LogP contribution is -2.43. The van der Waals surface area contributed by atoms with Crippen molar-refractivity contribution in [2.45, 2.75) is 45.6 Å². The first-order valence-electron chi connectivity index (χ1n) is 7.09. The van der Waals surface area contributed by atoms with E-state index in [1.807, 2.05) is 6.92 Å². The van der Waals surface area contributed by atoms with Gasteiger partial charge in [0.2, 0.25) is 5.91 Å². The number of hydrogen-bond donors (Lipinski definition) is 2. The first-order chi connectivity index (χ1) is 9.56. The molecule has 1 amide bonds. The number of amides is 1. The van der Waals surface area contributed by atoms with Gasteiger partial charge in [-0.3, -0.25) is 14.2 Å². The molecule has 0 aromatic carbocycles. The van der Waals surface area contributed by atoms with Gasteiger partial charge in [0.25, 0.3) is 0 Å². The first-order valence-corrected chi connectivity index (χ1v) is 7.97. The zero-order valence-electron chi connectivity index (χ0n) is 11.9. The van der Waals surface area contributed by atoms with Gasteiger partial charge in [0.1, 0.15) is 6.54 Å². The molecular formula is C14H22N2O3S. The van der Waals surface area contributed by atoms with E-state index in [0.717, 1.165) is 42.7 Å². The van der Waals surface area contributed by atoms with Crippen molar-refractivity contribution >= 4 is 17.2 Å². The van der Waals surface area contributed by atoms with Crippen LogP contribution in [0.15, 0.2) is 10.2 Å². The van der Waals surface area contributed by atoms with Gasteiger partial charge < -0.3 is 10.4 Å². The lowest BCUT2D eigenvalue weighted by molar-refractivity contribution is -0.122. The number of nitrogens with one attached hydrogen (secondary N) is 1. The molecule has 1 saturated carbocycles. The van der Waals surface area contributed by atoms with Crippen LogP contribution in [-0.2, 0) is 11.3 Å². The molecule has 6 heteroatoms. The zero-order valence-corrected chi connectivity index (χ0v) is 12.7. The van der Waals surface area contributed by atoms with Crippen molar-refractivity contribution in [2.24, 2.45) is 5.41 Å². The minimum atomic E-state index is -0.164. The number of thiazole rings is 1. The van der Waals surface area contributed by atoms with Gasteiger partial charge in [-0.05, 0) is 19.8 Å². The minimum absolute atomic E-state index is 0.0652. The third-order valence-corrected chi connectivity index (χ3v) is 5.07. The molecule has 1 heterocycles. The number of carbonyl (C=O) groups excluding carboxylic acids is 1. The van der Waals surface area contributed by atoms with E-state index in [4.69, 9.17) is 0 Å². The molecular weight excluding hydrogens is 276 g/mol. The first kappa shape index (κ1) is 15.3. The second-order valence-corrected chi connectivity index (χ2v) is 6.55. The van der Waals surface area contributed by atoms with E-state index in [9.17, 15) is 14.7 Å². The molecule has 0 saturated heterocycles. The number of carbonyl (C=O) groups is 1. The lowest BCUT2D eigenvalue weighted by Gasteiger charge is -2.35. The molecule has 1 fully saturated rings. The normalized spacial score (nSPS) is 17.9. The van der Waals surface area contributed by atoms with Crippen molar-refractivity contribution in [3.63, 3.8) is 0 Å². The summed E-state index contributed by atoms with van der Waals surface area (Å²) in [4.78, 5) is 23.4. The monoisotopic (exact) mass is 298 g/mol. The van der Waals surface area contributed by atoms with Crippen molar-refractivity contribution in [3.05, 3.63) is 20.7 Å². The number of aliphatic hydroxyl groups is 1. The molecule has 0 aliphatic heterocycles. The highest BCUT2D eigenvalue weighted by molar-refractivity contribution is 7.07. The quantitative estimate of drug-likeness (QED) is 0.860. The summed E-state index contributed by atoms with van der Waals surface area (Å²) >= 11 is 1.11. The summed E-state index contributed by atoms with van der Waals surface area (Å²) in [5.41, 5.74) is 0.646. The molecule has 1 aliphatic carbocycles. The number of aliphatic hydroxyl groups excluding tert-OH is 1. The molecule has 112 valence electrons. The highest BCUT2D eigenvalue weighted by Crippen LogP contribution is 2.35. The maximum Gasteiger partial charge on any atom is 0.307 e. The molecule has 5 nitrogen and oxygen atoms in total. The van der Waals surface area contributed by atoms with E-state index in [-0.39, 0.29) is 29.3 Å². The Hall–Kier alpha value is -1.14. The van der Waals surface area contributed by atoms with E-state index in [0.29, 0.717) is 6.54 Å². The van der Waals surface area contributed by atoms with Gasteiger partial charge in [-0.15, -0.1) is 0 Å². The van der Waals surface area contributed by atoms with E-state index in [1.54, 1.807) is 5.38 Å². The largest absolute Gasteiger partial charge is 0.396 e. The van der Waals surface area contributed by atoms with Crippen LogP contribution in [0.25, 0.3) is 0 Å². The van der Waals surface area contributed by atoms with Crippen molar-refractivity contribution in [2.75, 3.05) is 13.2 Å². The molecule has 1 aliphatic rings. The SMILES string of the molecule is Cc1csc(=O)n1CC(=O)NCC1(CO)CCCCC1. The highest BCUT2D eigenvalue weighted by atomic mass is 32.1. The van der Waals surface area contributed by atoms with Crippen LogP contribution in [0.4, 0.5) is 0 Å². The standard InChI is InChI=1S/C14H22N2O3S/c1-11-8-20-13(19)16(11)7-12(18)15-9-14(10-17)5-3-2-4-6-14/h8,17H,2-7,9-10H2,1H3,(H,15,18). The lowest BCUT2D eigenvalue weighted by atomic mass is 9.74. The maximum absolute atomic E-state index is 12.0. The van der Waals surface area contributed by atoms with E-state index < -0.39 is 0 Å². The summed E-state index contributed by atoms with van der Waals surface area (Å²) < 4.78 is 1.48. The molecule has 0 atom stereocenters. The third kappa shape index (κ3) is 3.49. The van der Waals surface area contributed by atoms with E-state index in [2.05, 4.69) is 5.32 Å². The molecule has 1 aromatic rings. The van der Waals surface area contributed by atoms with Crippen LogP contribution in [0.3, 0.4) is 0 Å². The third-order valence-electron chi connectivity index (χ3n) is 4.19. The summed E-state index contributed by atoms with van der Waals surface area (Å²) in [6.45, 7) is 2.50. The molecule has 20 heavy (non-hydrogen) atoms. The Morgan fingerprint density at radius 1 is 1.45 bits per heavy atom. The van der Waals surface area contributed by atoms with Crippen molar-refractivity contribution in [1.82, 2.24) is 9.88 Å². The number of hydrogen-bond acceptors (Lipinski definition) is 4. The molecule has 0 unspecified atom stereocenters. The van der Waals surface area contributed by atoms with Crippen molar-refractivity contribution < 1.29 is 9.90 Å². The van der Waals surface area contributed by atoms with Crippen LogP contribution in [-0.4, -0.2) is 28.7 Å². The van der Waals surface area contributed by atoms with Gasteiger partial charge in [0, 0.05) is 23.0 Å². The molecule has 0 spiro atoms. The summed E-state index contributed by atoms with van der Waals surface area (Å²) in [5, 5.41) is 14.2. The fourth-order valence-electron chi connectivity index (χ4n) is 2.77. The van der Waals surface area contributed by atoms with Crippen molar-refractivity contribution in [1.29, 1.82) is 0 Å². The van der Waals surface area contributed by atoms with Gasteiger partial charge >= 0.3 is 4.87 Å². The molecule has 0 bridgehead atoms. The zero-order chi connectivity index (χ0) is 14.6. The van der Waals surface area contributed by atoms with Gasteiger partial charge in [-0.25, -0.2) is 0 Å². The summed E-state index contributed by atoms with van der Waals surface area (Å²) in [7, 11) is 0. The highest BCUT2D eigenvalue weighted by Gasteiger charge is 2.31. The number of aryl methyl sites for hydroxylation is 1. The van der Waals surface area contributed by atoms with Crippen LogP contribution in [0.2, 0.25) is 0 Å². The second kappa shape index (κ2) is 6.54. The molecule has 2 rings (SSSR count). The van der Waals surface area contributed by atoms with Crippen LogP contribution in [0.5, 0.6) is 0 Å². The number of aromatic nitrogens is 1. The average molecular weight is 298 g/mol. The number of rotatable bonds is 5. The predicted octanol–water partition coefficient (Wildman–Crippen LogP) is 1.28.